The zero-order valence-corrected chi connectivity index (χ0v) is 12.3. The molecule has 2 N–H and O–H groups in total. The van der Waals surface area contributed by atoms with E-state index in [-0.39, 0.29) is 6.10 Å². The molecule has 1 aliphatic rings. The Kier molecular flexibility index (Phi) is 4.15. The van der Waals surface area contributed by atoms with Gasteiger partial charge in [0.25, 0.3) is 0 Å². The Labute approximate surface area is 125 Å². The summed E-state index contributed by atoms with van der Waals surface area (Å²) in [6, 6.07) is 8.46. The number of rotatable bonds is 4. The predicted octanol–water partition coefficient (Wildman–Crippen LogP) is 2.82. The number of anilines is 1. The fraction of sp³-hybridized carbons (Fsp3) is 0.412. The summed E-state index contributed by atoms with van der Waals surface area (Å²) < 4.78 is 0. The molecule has 1 aromatic carbocycles. The first-order chi connectivity index (χ1) is 10.3. The van der Waals surface area contributed by atoms with Crippen molar-refractivity contribution in [1.82, 2.24) is 9.97 Å². The van der Waals surface area contributed by atoms with Crippen LogP contribution in [0.4, 0.5) is 5.82 Å². The third-order valence-electron chi connectivity index (χ3n) is 4.07. The second kappa shape index (κ2) is 6.22. The molecule has 4 nitrogen and oxygen atoms in total. The predicted molar refractivity (Wildman–Crippen MR) is 84.3 cm³/mol. The number of aliphatic hydroxyl groups excluding tert-OH is 1. The molecule has 0 fully saturated rings. The number of fused-ring (bicyclic) bond motifs is 3. The topological polar surface area (TPSA) is 58.0 Å². The number of aromatic nitrogens is 2. The van der Waals surface area contributed by atoms with Crippen LogP contribution in [-0.4, -0.2) is 27.7 Å². The minimum absolute atomic E-state index is 0.339. The van der Waals surface area contributed by atoms with Gasteiger partial charge in [0.2, 0.25) is 0 Å². The second-order valence-electron chi connectivity index (χ2n) is 5.50. The van der Waals surface area contributed by atoms with Crippen LogP contribution < -0.4 is 5.32 Å². The van der Waals surface area contributed by atoms with Gasteiger partial charge in [0.05, 0.1) is 11.8 Å². The van der Waals surface area contributed by atoms with Crippen molar-refractivity contribution in [2.45, 2.75) is 38.7 Å². The highest BCUT2D eigenvalue weighted by atomic mass is 16.3. The van der Waals surface area contributed by atoms with Gasteiger partial charge < -0.3 is 10.4 Å². The minimum atomic E-state index is -0.339. The molecule has 2 aromatic rings. The first-order valence-electron chi connectivity index (χ1n) is 7.63. The highest BCUT2D eigenvalue weighted by Crippen LogP contribution is 2.33. The van der Waals surface area contributed by atoms with Crippen molar-refractivity contribution in [2.75, 3.05) is 11.9 Å². The lowest BCUT2D eigenvalue weighted by atomic mass is 10.0. The maximum atomic E-state index is 9.73. The fourth-order valence-corrected chi connectivity index (χ4v) is 2.82. The zero-order valence-electron chi connectivity index (χ0n) is 12.3. The average Bonchev–Trinajstić information content (AvgIpc) is 2.72. The Morgan fingerprint density at radius 2 is 2.10 bits per heavy atom. The van der Waals surface area contributed by atoms with Gasteiger partial charge in [0, 0.05) is 17.7 Å². The maximum absolute atomic E-state index is 9.73. The summed E-state index contributed by atoms with van der Waals surface area (Å²) in [4.78, 5) is 8.89. The molecule has 1 heterocycles. The van der Waals surface area contributed by atoms with E-state index in [1.807, 2.05) is 6.92 Å². The molecule has 1 atom stereocenters. The lowest BCUT2D eigenvalue weighted by Crippen LogP contribution is -2.20. The van der Waals surface area contributed by atoms with Crippen LogP contribution in [0.15, 0.2) is 30.6 Å². The zero-order chi connectivity index (χ0) is 14.7. The average molecular weight is 283 g/mol. The Morgan fingerprint density at radius 3 is 2.95 bits per heavy atom. The van der Waals surface area contributed by atoms with Crippen molar-refractivity contribution in [3.63, 3.8) is 0 Å². The van der Waals surface area contributed by atoms with E-state index in [0.29, 0.717) is 6.54 Å². The van der Waals surface area contributed by atoms with Crippen LogP contribution in [0.1, 0.15) is 30.9 Å². The van der Waals surface area contributed by atoms with Gasteiger partial charge in [-0.15, -0.1) is 0 Å². The summed E-state index contributed by atoms with van der Waals surface area (Å²) in [5.74, 6) is 0.865. The van der Waals surface area contributed by atoms with Crippen LogP contribution in [0.25, 0.3) is 11.3 Å². The summed E-state index contributed by atoms with van der Waals surface area (Å²) in [6.45, 7) is 2.50. The Balaban J connectivity index is 1.97. The molecular formula is C17H21N3O. The highest BCUT2D eigenvalue weighted by Gasteiger charge is 2.19. The molecule has 110 valence electrons. The van der Waals surface area contributed by atoms with Crippen LogP contribution >= 0.6 is 0 Å². The van der Waals surface area contributed by atoms with Crippen molar-refractivity contribution in [1.29, 1.82) is 0 Å². The first-order valence-corrected chi connectivity index (χ1v) is 7.63. The number of nitrogens with one attached hydrogen (secondary N) is 1. The quantitative estimate of drug-likeness (QED) is 0.906. The summed E-state index contributed by atoms with van der Waals surface area (Å²) in [5.41, 5.74) is 4.78. The van der Waals surface area contributed by atoms with Gasteiger partial charge in [0.15, 0.2) is 0 Å². The largest absolute Gasteiger partial charge is 0.391 e. The number of nitrogens with zero attached hydrogens (tertiary/aromatic N) is 2. The monoisotopic (exact) mass is 283 g/mol. The van der Waals surface area contributed by atoms with E-state index in [4.69, 9.17) is 0 Å². The van der Waals surface area contributed by atoms with Gasteiger partial charge in [-0.25, -0.2) is 9.97 Å². The lowest BCUT2D eigenvalue weighted by Gasteiger charge is -2.15. The normalized spacial score (nSPS) is 14.8. The van der Waals surface area contributed by atoms with Crippen LogP contribution in [0.3, 0.4) is 0 Å². The summed E-state index contributed by atoms with van der Waals surface area (Å²) >= 11 is 0. The van der Waals surface area contributed by atoms with Gasteiger partial charge in [-0.2, -0.15) is 0 Å². The van der Waals surface area contributed by atoms with E-state index < -0.39 is 0 Å². The number of aliphatic hydroxyl groups is 1. The minimum Gasteiger partial charge on any atom is -0.391 e. The molecule has 1 aromatic heterocycles. The second-order valence-corrected chi connectivity index (χ2v) is 5.50. The molecular weight excluding hydrogens is 262 g/mol. The van der Waals surface area contributed by atoms with Gasteiger partial charge in [0.1, 0.15) is 12.1 Å². The van der Waals surface area contributed by atoms with E-state index in [1.165, 1.54) is 16.7 Å². The van der Waals surface area contributed by atoms with Gasteiger partial charge in [-0.3, -0.25) is 0 Å². The molecule has 3 rings (SSSR count). The van der Waals surface area contributed by atoms with E-state index in [0.717, 1.165) is 37.2 Å². The van der Waals surface area contributed by atoms with Gasteiger partial charge in [-0.05, 0) is 31.2 Å². The molecule has 0 saturated heterocycles. The number of hydrogen-bond donors (Lipinski definition) is 2. The van der Waals surface area contributed by atoms with E-state index in [2.05, 4.69) is 39.6 Å². The molecule has 0 radical (unpaired) electrons. The van der Waals surface area contributed by atoms with Crippen LogP contribution in [0.5, 0.6) is 0 Å². The third kappa shape index (κ3) is 2.90. The third-order valence-corrected chi connectivity index (χ3v) is 4.07. The van der Waals surface area contributed by atoms with Gasteiger partial charge in [-0.1, -0.05) is 31.2 Å². The molecule has 0 saturated carbocycles. The molecule has 0 bridgehead atoms. The Hall–Kier alpha value is -1.94. The van der Waals surface area contributed by atoms with E-state index >= 15 is 0 Å². The number of benzene rings is 1. The standard InChI is InChI=1S/C17H21N3O/c1-2-13(21)10-18-17-15-9-5-7-12-6-3-4-8-14(12)16(15)19-11-20-17/h3-4,6,8,11,13,21H,2,5,7,9-10H2,1H3,(H,18,19,20). The lowest BCUT2D eigenvalue weighted by molar-refractivity contribution is 0.183. The van der Waals surface area contributed by atoms with E-state index in [1.54, 1.807) is 6.33 Å². The maximum Gasteiger partial charge on any atom is 0.133 e. The first kappa shape index (κ1) is 14.0. The van der Waals surface area contributed by atoms with Crippen molar-refractivity contribution in [2.24, 2.45) is 0 Å². The van der Waals surface area contributed by atoms with Crippen LogP contribution in [0.2, 0.25) is 0 Å². The smallest absolute Gasteiger partial charge is 0.133 e. The Morgan fingerprint density at radius 1 is 1.24 bits per heavy atom. The van der Waals surface area contributed by atoms with Crippen molar-refractivity contribution in [3.8, 4) is 11.3 Å². The fourth-order valence-electron chi connectivity index (χ4n) is 2.82. The van der Waals surface area contributed by atoms with Crippen molar-refractivity contribution >= 4 is 5.82 Å². The SMILES string of the molecule is CCC(O)CNc1ncnc2c1CCCc1ccccc1-2. The van der Waals surface area contributed by atoms with Crippen LogP contribution in [0, 0.1) is 0 Å². The number of hydrogen-bond acceptors (Lipinski definition) is 4. The van der Waals surface area contributed by atoms with Gasteiger partial charge >= 0.3 is 0 Å². The highest BCUT2D eigenvalue weighted by molar-refractivity contribution is 5.72. The Bertz CT molecular complexity index is 627. The molecule has 0 aliphatic heterocycles. The molecule has 0 amide bonds. The molecule has 0 spiro atoms. The van der Waals surface area contributed by atoms with E-state index in [9.17, 15) is 5.11 Å². The summed E-state index contributed by atoms with van der Waals surface area (Å²) in [7, 11) is 0. The van der Waals surface area contributed by atoms with Crippen LogP contribution in [-0.2, 0) is 12.8 Å². The summed E-state index contributed by atoms with van der Waals surface area (Å²) in [5, 5.41) is 13.0. The molecule has 1 unspecified atom stereocenters. The summed E-state index contributed by atoms with van der Waals surface area (Å²) in [6.07, 6.45) is 5.15. The molecule has 4 heteroatoms. The molecule has 21 heavy (non-hydrogen) atoms. The molecule has 1 aliphatic carbocycles. The van der Waals surface area contributed by atoms with Crippen molar-refractivity contribution < 1.29 is 5.11 Å². The number of aryl methyl sites for hydroxylation is 1. The van der Waals surface area contributed by atoms with Crippen molar-refractivity contribution in [3.05, 3.63) is 41.7 Å².